The summed E-state index contributed by atoms with van der Waals surface area (Å²) >= 11 is 0. The summed E-state index contributed by atoms with van der Waals surface area (Å²) in [6.07, 6.45) is 1.13. The molecule has 0 bridgehead atoms. The molecule has 0 aliphatic rings. The molecular weight excluding hydrogens is 250 g/mol. The first-order valence-corrected chi connectivity index (χ1v) is 7.22. The van der Waals surface area contributed by atoms with E-state index < -0.39 is 5.54 Å². The molecule has 1 atom stereocenters. The topological polar surface area (TPSA) is 38.7 Å². The lowest BCUT2D eigenvalue weighted by Crippen LogP contribution is -2.51. The van der Waals surface area contributed by atoms with Crippen LogP contribution in [0.3, 0.4) is 0 Å². The molecule has 4 nitrogen and oxygen atoms in total. The van der Waals surface area contributed by atoms with E-state index in [1.165, 1.54) is 0 Å². The summed E-state index contributed by atoms with van der Waals surface area (Å²) in [6, 6.07) is 10.2. The van der Waals surface area contributed by atoms with Gasteiger partial charge < -0.3 is 20.2 Å². The molecule has 114 valence electrons. The molecule has 4 heteroatoms. The molecule has 1 aromatic carbocycles. The monoisotopic (exact) mass is 279 g/mol. The van der Waals surface area contributed by atoms with Crippen LogP contribution in [0.5, 0.6) is 0 Å². The molecule has 0 amide bonds. The van der Waals surface area contributed by atoms with Gasteiger partial charge in [-0.05, 0) is 53.3 Å². The van der Waals surface area contributed by atoms with E-state index in [1.807, 2.05) is 25.2 Å². The maximum Gasteiger partial charge on any atom is 0.0795 e. The van der Waals surface area contributed by atoms with E-state index in [9.17, 15) is 5.11 Å². The number of benzene rings is 1. The van der Waals surface area contributed by atoms with Crippen LogP contribution in [0.2, 0.25) is 0 Å². The van der Waals surface area contributed by atoms with Crippen molar-refractivity contribution < 1.29 is 5.11 Å². The van der Waals surface area contributed by atoms with E-state index >= 15 is 0 Å². The van der Waals surface area contributed by atoms with Gasteiger partial charge >= 0.3 is 0 Å². The Balaban J connectivity index is 2.67. The van der Waals surface area contributed by atoms with E-state index in [1.54, 1.807) is 0 Å². The molecule has 0 saturated carbocycles. The average Bonchev–Trinajstić information content (AvgIpc) is 2.45. The van der Waals surface area contributed by atoms with Crippen molar-refractivity contribution in [2.75, 3.05) is 54.4 Å². The van der Waals surface area contributed by atoms with E-state index in [0.717, 1.165) is 31.6 Å². The zero-order valence-corrected chi connectivity index (χ0v) is 13.3. The summed E-state index contributed by atoms with van der Waals surface area (Å²) in [7, 11) is 8.21. The Morgan fingerprint density at radius 3 is 2.25 bits per heavy atom. The number of likely N-dealkylation sites (N-methyl/N-ethyl adjacent to an activating group) is 2. The van der Waals surface area contributed by atoms with Gasteiger partial charge in [-0.15, -0.1) is 0 Å². The number of nitrogens with zero attached hydrogens (tertiary/aromatic N) is 2. The fourth-order valence-corrected chi connectivity index (χ4v) is 2.49. The van der Waals surface area contributed by atoms with Gasteiger partial charge in [-0.2, -0.15) is 0 Å². The van der Waals surface area contributed by atoms with Gasteiger partial charge in [-0.25, -0.2) is 0 Å². The SMILES string of the molecule is CNC(CO)(CN(C)CCCN(C)C)c1ccccc1. The molecule has 0 aliphatic heterocycles. The zero-order chi connectivity index (χ0) is 15.0. The third-order valence-electron chi connectivity index (χ3n) is 3.76. The van der Waals surface area contributed by atoms with Crippen molar-refractivity contribution in [2.45, 2.75) is 12.0 Å². The lowest BCUT2D eigenvalue weighted by Gasteiger charge is -2.36. The molecule has 20 heavy (non-hydrogen) atoms. The summed E-state index contributed by atoms with van der Waals surface area (Å²) in [6.45, 7) is 2.98. The summed E-state index contributed by atoms with van der Waals surface area (Å²) < 4.78 is 0. The number of nitrogens with one attached hydrogen (secondary N) is 1. The molecule has 0 spiro atoms. The predicted molar refractivity (Wildman–Crippen MR) is 84.9 cm³/mol. The van der Waals surface area contributed by atoms with Gasteiger partial charge in [0.15, 0.2) is 0 Å². The normalized spacial score (nSPS) is 14.8. The van der Waals surface area contributed by atoms with E-state index in [4.69, 9.17) is 0 Å². The van der Waals surface area contributed by atoms with Gasteiger partial charge in [-0.3, -0.25) is 0 Å². The van der Waals surface area contributed by atoms with Crippen molar-refractivity contribution in [3.05, 3.63) is 35.9 Å². The Labute approximate surface area is 123 Å². The lowest BCUT2D eigenvalue weighted by atomic mass is 9.90. The summed E-state index contributed by atoms with van der Waals surface area (Å²) in [4.78, 5) is 4.48. The smallest absolute Gasteiger partial charge is 0.0795 e. The van der Waals surface area contributed by atoms with Crippen LogP contribution in [0.25, 0.3) is 0 Å². The minimum atomic E-state index is -0.395. The highest BCUT2D eigenvalue weighted by molar-refractivity contribution is 5.25. The minimum Gasteiger partial charge on any atom is -0.394 e. The minimum absolute atomic E-state index is 0.0888. The Bertz CT molecular complexity index is 363. The number of aliphatic hydroxyl groups is 1. The second kappa shape index (κ2) is 8.37. The maximum absolute atomic E-state index is 9.90. The van der Waals surface area contributed by atoms with Crippen molar-refractivity contribution in [3.8, 4) is 0 Å². The van der Waals surface area contributed by atoms with Gasteiger partial charge in [-0.1, -0.05) is 30.3 Å². The van der Waals surface area contributed by atoms with Gasteiger partial charge in [0.05, 0.1) is 12.1 Å². The number of aliphatic hydroxyl groups excluding tert-OH is 1. The zero-order valence-electron chi connectivity index (χ0n) is 13.3. The van der Waals surface area contributed by atoms with Crippen LogP contribution >= 0.6 is 0 Å². The van der Waals surface area contributed by atoms with E-state index in [0.29, 0.717) is 0 Å². The second-order valence-corrected chi connectivity index (χ2v) is 5.75. The lowest BCUT2D eigenvalue weighted by molar-refractivity contribution is 0.123. The largest absolute Gasteiger partial charge is 0.394 e. The first kappa shape index (κ1) is 17.1. The van der Waals surface area contributed by atoms with Gasteiger partial charge in [0, 0.05) is 6.54 Å². The first-order valence-electron chi connectivity index (χ1n) is 7.22. The van der Waals surface area contributed by atoms with Crippen LogP contribution < -0.4 is 5.32 Å². The van der Waals surface area contributed by atoms with E-state index in [2.05, 4.69) is 48.4 Å². The first-order chi connectivity index (χ1) is 9.54. The third-order valence-corrected chi connectivity index (χ3v) is 3.76. The molecule has 1 rings (SSSR count). The van der Waals surface area contributed by atoms with Crippen LogP contribution in [0.15, 0.2) is 30.3 Å². The van der Waals surface area contributed by atoms with Crippen LogP contribution in [0, 0.1) is 0 Å². The molecule has 1 aromatic rings. The number of hydrogen-bond acceptors (Lipinski definition) is 4. The molecule has 0 fully saturated rings. The second-order valence-electron chi connectivity index (χ2n) is 5.75. The predicted octanol–water partition coefficient (Wildman–Crippen LogP) is 0.977. The van der Waals surface area contributed by atoms with Gasteiger partial charge in [0.2, 0.25) is 0 Å². The highest BCUT2D eigenvalue weighted by atomic mass is 16.3. The fourth-order valence-electron chi connectivity index (χ4n) is 2.49. The van der Waals surface area contributed by atoms with Crippen molar-refractivity contribution in [3.63, 3.8) is 0 Å². The Hall–Kier alpha value is -0.940. The van der Waals surface area contributed by atoms with Gasteiger partial charge in [0.1, 0.15) is 0 Å². The average molecular weight is 279 g/mol. The number of hydrogen-bond donors (Lipinski definition) is 2. The molecule has 0 saturated heterocycles. The molecule has 0 aliphatic carbocycles. The highest BCUT2D eigenvalue weighted by Gasteiger charge is 2.30. The van der Waals surface area contributed by atoms with Gasteiger partial charge in [0.25, 0.3) is 0 Å². The number of rotatable bonds is 9. The Morgan fingerprint density at radius 1 is 1.10 bits per heavy atom. The Kier molecular flexibility index (Phi) is 7.16. The molecule has 0 aromatic heterocycles. The fraction of sp³-hybridized carbons (Fsp3) is 0.625. The standard InChI is InChI=1S/C16H29N3O/c1-17-16(14-20,15-9-6-5-7-10-15)13-19(4)12-8-11-18(2)3/h5-7,9-10,17,20H,8,11-14H2,1-4H3. The van der Waals surface area contributed by atoms with Crippen LogP contribution in [-0.4, -0.2) is 69.3 Å². The van der Waals surface area contributed by atoms with Crippen molar-refractivity contribution in [1.29, 1.82) is 0 Å². The van der Waals surface area contributed by atoms with Crippen LogP contribution in [0.1, 0.15) is 12.0 Å². The van der Waals surface area contributed by atoms with Crippen LogP contribution in [0.4, 0.5) is 0 Å². The molecule has 0 heterocycles. The van der Waals surface area contributed by atoms with Crippen molar-refractivity contribution in [2.24, 2.45) is 0 Å². The highest BCUT2D eigenvalue weighted by Crippen LogP contribution is 2.21. The summed E-state index contributed by atoms with van der Waals surface area (Å²) in [5, 5.41) is 13.2. The summed E-state index contributed by atoms with van der Waals surface area (Å²) in [5.41, 5.74) is 0.734. The van der Waals surface area contributed by atoms with E-state index in [-0.39, 0.29) is 6.61 Å². The Morgan fingerprint density at radius 2 is 1.75 bits per heavy atom. The molecule has 0 radical (unpaired) electrons. The third kappa shape index (κ3) is 4.87. The molecular formula is C16H29N3O. The maximum atomic E-state index is 9.90. The quantitative estimate of drug-likeness (QED) is 0.707. The van der Waals surface area contributed by atoms with Crippen molar-refractivity contribution in [1.82, 2.24) is 15.1 Å². The summed E-state index contributed by atoms with van der Waals surface area (Å²) in [5.74, 6) is 0. The van der Waals surface area contributed by atoms with Crippen LogP contribution in [-0.2, 0) is 5.54 Å². The molecule has 1 unspecified atom stereocenters. The molecule has 2 N–H and O–H groups in total. The van der Waals surface area contributed by atoms with Crippen molar-refractivity contribution >= 4 is 0 Å².